The van der Waals surface area contributed by atoms with Crippen LogP contribution in [0.3, 0.4) is 0 Å². The third-order valence-corrected chi connectivity index (χ3v) is 5.73. The van der Waals surface area contributed by atoms with Gasteiger partial charge in [-0.25, -0.2) is 9.78 Å². The first-order valence-electron chi connectivity index (χ1n) is 11.5. The zero-order chi connectivity index (χ0) is 24.0. The number of carbonyl (C=O) groups excluding carboxylic acids is 3. The van der Waals surface area contributed by atoms with Gasteiger partial charge in [-0.3, -0.25) is 14.5 Å². The number of nitrogens with zero attached hydrogens (tertiary/aromatic N) is 5. The van der Waals surface area contributed by atoms with E-state index in [0.29, 0.717) is 31.8 Å². The summed E-state index contributed by atoms with van der Waals surface area (Å²) in [6.07, 6.45) is 0.175. The standard InChI is InChI=1S/C23H34N6O4/c1-5-29-19-8-7-17(22(31)26(3)4)15-18(19)25-20(29)16-27-11-13-28(14-12-27)23(32)24-10-9-21(30)33-6-2/h7-8,15H,5-6,9-14,16H2,1-4H3,(H,24,32). The average Bonchev–Trinajstić information content (AvgIpc) is 3.15. The Morgan fingerprint density at radius 1 is 1.12 bits per heavy atom. The van der Waals surface area contributed by atoms with Crippen molar-refractivity contribution in [3.63, 3.8) is 0 Å². The van der Waals surface area contributed by atoms with Crippen LogP contribution < -0.4 is 5.32 Å². The maximum absolute atomic E-state index is 12.4. The fourth-order valence-electron chi connectivity index (χ4n) is 3.97. The zero-order valence-electron chi connectivity index (χ0n) is 20.0. The van der Waals surface area contributed by atoms with Gasteiger partial charge in [0.25, 0.3) is 5.91 Å². The van der Waals surface area contributed by atoms with Crippen molar-refractivity contribution in [1.29, 1.82) is 0 Å². The molecule has 0 saturated carbocycles. The van der Waals surface area contributed by atoms with Crippen LogP contribution >= 0.6 is 0 Å². The number of aryl methyl sites for hydroxylation is 1. The van der Waals surface area contributed by atoms with Crippen molar-refractivity contribution < 1.29 is 19.1 Å². The number of nitrogens with one attached hydrogen (secondary N) is 1. The Balaban J connectivity index is 1.57. The van der Waals surface area contributed by atoms with Crippen LogP contribution in [0.4, 0.5) is 4.79 Å². The van der Waals surface area contributed by atoms with Gasteiger partial charge in [-0.2, -0.15) is 0 Å². The molecule has 3 amide bonds. The molecule has 0 spiro atoms. The van der Waals surface area contributed by atoms with E-state index < -0.39 is 0 Å². The highest BCUT2D eigenvalue weighted by Crippen LogP contribution is 2.20. The fourth-order valence-corrected chi connectivity index (χ4v) is 3.97. The number of benzene rings is 1. The van der Waals surface area contributed by atoms with Crippen molar-refractivity contribution >= 4 is 28.9 Å². The van der Waals surface area contributed by atoms with Gasteiger partial charge in [0, 0.05) is 58.9 Å². The molecule has 0 bridgehead atoms. The Morgan fingerprint density at radius 2 is 1.85 bits per heavy atom. The molecule has 0 aliphatic carbocycles. The highest BCUT2D eigenvalue weighted by molar-refractivity contribution is 5.97. The largest absolute Gasteiger partial charge is 0.466 e. The summed E-state index contributed by atoms with van der Waals surface area (Å²) in [7, 11) is 3.48. The lowest BCUT2D eigenvalue weighted by molar-refractivity contribution is -0.142. The van der Waals surface area contributed by atoms with Crippen molar-refractivity contribution in [3.05, 3.63) is 29.6 Å². The summed E-state index contributed by atoms with van der Waals surface area (Å²) in [6, 6.07) is 5.51. The Kier molecular flexibility index (Phi) is 8.26. The van der Waals surface area contributed by atoms with E-state index in [-0.39, 0.29) is 30.9 Å². The first-order chi connectivity index (χ1) is 15.8. The average molecular weight is 459 g/mol. The van der Waals surface area contributed by atoms with Crippen LogP contribution in [0, 0.1) is 0 Å². The number of rotatable bonds is 8. The minimum atomic E-state index is -0.306. The Bertz CT molecular complexity index is 994. The van der Waals surface area contributed by atoms with Crippen molar-refractivity contribution in [2.45, 2.75) is 33.4 Å². The van der Waals surface area contributed by atoms with E-state index in [1.54, 1.807) is 30.8 Å². The molecule has 1 saturated heterocycles. The number of piperazine rings is 1. The maximum Gasteiger partial charge on any atom is 0.317 e. The van der Waals surface area contributed by atoms with Crippen LogP contribution in [0.5, 0.6) is 0 Å². The lowest BCUT2D eigenvalue weighted by atomic mass is 10.2. The number of amides is 3. The van der Waals surface area contributed by atoms with Gasteiger partial charge >= 0.3 is 12.0 Å². The molecular weight excluding hydrogens is 424 g/mol. The van der Waals surface area contributed by atoms with Gasteiger partial charge in [-0.05, 0) is 32.0 Å². The van der Waals surface area contributed by atoms with Gasteiger partial charge < -0.3 is 24.4 Å². The quantitative estimate of drug-likeness (QED) is 0.603. The number of esters is 1. The first kappa shape index (κ1) is 24.5. The lowest BCUT2D eigenvalue weighted by Gasteiger charge is -2.34. The number of hydrogen-bond donors (Lipinski definition) is 1. The second-order valence-electron chi connectivity index (χ2n) is 8.23. The second-order valence-corrected chi connectivity index (χ2v) is 8.23. The van der Waals surface area contributed by atoms with Gasteiger partial charge in [0.2, 0.25) is 0 Å². The third kappa shape index (κ3) is 6.01. The molecule has 1 N–H and O–H groups in total. The molecular formula is C23H34N6O4. The summed E-state index contributed by atoms with van der Waals surface area (Å²) >= 11 is 0. The summed E-state index contributed by atoms with van der Waals surface area (Å²) < 4.78 is 7.05. The number of hydrogen-bond acceptors (Lipinski definition) is 6. The molecule has 1 aromatic carbocycles. The van der Waals surface area contributed by atoms with Gasteiger partial charge in [-0.1, -0.05) is 0 Å². The number of aromatic nitrogens is 2. The van der Waals surface area contributed by atoms with Gasteiger partial charge in [0.15, 0.2) is 0 Å². The minimum absolute atomic E-state index is 0.0406. The van der Waals surface area contributed by atoms with E-state index in [2.05, 4.69) is 21.7 Å². The molecule has 2 aromatic rings. The van der Waals surface area contributed by atoms with Crippen LogP contribution in [0.25, 0.3) is 11.0 Å². The van der Waals surface area contributed by atoms with Crippen LogP contribution in [0.15, 0.2) is 18.2 Å². The van der Waals surface area contributed by atoms with E-state index in [4.69, 9.17) is 9.72 Å². The topological polar surface area (TPSA) is 100 Å². The predicted molar refractivity (Wildman–Crippen MR) is 125 cm³/mol. The van der Waals surface area contributed by atoms with E-state index in [0.717, 1.165) is 36.5 Å². The van der Waals surface area contributed by atoms with Crippen LogP contribution in [0.1, 0.15) is 36.5 Å². The predicted octanol–water partition coefficient (Wildman–Crippen LogP) is 1.54. The summed E-state index contributed by atoms with van der Waals surface area (Å²) in [5, 5.41) is 2.78. The van der Waals surface area contributed by atoms with E-state index >= 15 is 0 Å². The second kappa shape index (κ2) is 11.1. The zero-order valence-corrected chi connectivity index (χ0v) is 20.0. The van der Waals surface area contributed by atoms with Crippen molar-refractivity contribution in [3.8, 4) is 0 Å². The number of carbonyl (C=O) groups is 3. The summed E-state index contributed by atoms with van der Waals surface area (Å²) in [5.74, 6) is 0.607. The third-order valence-electron chi connectivity index (χ3n) is 5.73. The molecule has 10 nitrogen and oxygen atoms in total. The van der Waals surface area contributed by atoms with Gasteiger partial charge in [-0.15, -0.1) is 0 Å². The fraction of sp³-hybridized carbons (Fsp3) is 0.565. The highest BCUT2D eigenvalue weighted by Gasteiger charge is 2.23. The molecule has 0 radical (unpaired) electrons. The highest BCUT2D eigenvalue weighted by atomic mass is 16.5. The van der Waals surface area contributed by atoms with Crippen molar-refractivity contribution in [2.24, 2.45) is 0 Å². The Hall–Kier alpha value is -3.14. The van der Waals surface area contributed by atoms with Crippen LogP contribution in [0.2, 0.25) is 0 Å². The number of fused-ring (bicyclic) bond motifs is 1. The summed E-state index contributed by atoms with van der Waals surface area (Å²) in [5.41, 5.74) is 2.46. The molecule has 180 valence electrons. The van der Waals surface area contributed by atoms with Crippen molar-refractivity contribution in [1.82, 2.24) is 29.6 Å². The summed E-state index contributed by atoms with van der Waals surface area (Å²) in [6.45, 7) is 8.63. The number of ether oxygens (including phenoxy) is 1. The van der Waals surface area contributed by atoms with Crippen LogP contribution in [-0.2, 0) is 22.6 Å². The first-order valence-corrected chi connectivity index (χ1v) is 11.5. The normalized spacial score (nSPS) is 14.4. The Morgan fingerprint density at radius 3 is 2.48 bits per heavy atom. The molecule has 0 unspecified atom stereocenters. The van der Waals surface area contributed by atoms with Gasteiger partial charge in [0.1, 0.15) is 5.82 Å². The van der Waals surface area contributed by atoms with E-state index in [1.807, 2.05) is 18.2 Å². The van der Waals surface area contributed by atoms with E-state index in [1.165, 1.54) is 0 Å². The summed E-state index contributed by atoms with van der Waals surface area (Å²) in [4.78, 5) is 46.5. The van der Waals surface area contributed by atoms with Crippen molar-refractivity contribution in [2.75, 3.05) is 53.4 Å². The number of imidazole rings is 1. The molecule has 2 heterocycles. The molecule has 33 heavy (non-hydrogen) atoms. The smallest absolute Gasteiger partial charge is 0.317 e. The Labute approximate surface area is 194 Å². The number of urea groups is 1. The van der Waals surface area contributed by atoms with Crippen LogP contribution in [-0.4, -0.2) is 95.6 Å². The SMILES string of the molecule is CCOC(=O)CCNC(=O)N1CCN(Cc2nc3cc(C(=O)N(C)C)ccc3n2CC)CC1. The molecule has 0 atom stereocenters. The minimum Gasteiger partial charge on any atom is -0.466 e. The molecule has 1 aromatic heterocycles. The maximum atomic E-state index is 12.4. The molecule has 1 aliphatic rings. The lowest BCUT2D eigenvalue weighted by Crippen LogP contribution is -2.51. The van der Waals surface area contributed by atoms with E-state index in [9.17, 15) is 14.4 Å². The monoisotopic (exact) mass is 458 g/mol. The molecule has 10 heteroatoms. The molecule has 1 aliphatic heterocycles. The molecule has 3 rings (SSSR count). The van der Waals surface area contributed by atoms with Gasteiger partial charge in [0.05, 0.1) is 30.6 Å². The molecule has 1 fully saturated rings.